The van der Waals surface area contributed by atoms with Crippen molar-refractivity contribution in [2.45, 2.75) is 0 Å². The third-order valence-corrected chi connectivity index (χ3v) is 3.67. The van der Waals surface area contributed by atoms with Crippen molar-refractivity contribution in [3.8, 4) is 0 Å². The van der Waals surface area contributed by atoms with Crippen LogP contribution in [0.25, 0.3) is 5.65 Å². The molecule has 0 spiro atoms. The maximum Gasteiger partial charge on any atom is 0.356 e. The number of hydrogen-bond acceptors (Lipinski definition) is 4. The van der Waals surface area contributed by atoms with Gasteiger partial charge in [0.2, 0.25) is 0 Å². The van der Waals surface area contributed by atoms with Crippen LogP contribution in [0.5, 0.6) is 0 Å². The lowest BCUT2D eigenvalue weighted by Gasteiger charge is -2.21. The van der Waals surface area contributed by atoms with E-state index in [1.54, 1.807) is 24.1 Å². The van der Waals surface area contributed by atoms with E-state index < -0.39 is 5.97 Å². The zero-order valence-corrected chi connectivity index (χ0v) is 12.9. The van der Waals surface area contributed by atoms with Crippen LogP contribution in [0.1, 0.15) is 10.5 Å². The van der Waals surface area contributed by atoms with Gasteiger partial charge in [-0.3, -0.25) is 0 Å². The second-order valence-corrected chi connectivity index (χ2v) is 5.35. The van der Waals surface area contributed by atoms with Crippen LogP contribution in [0.2, 0.25) is 10.2 Å². The molecule has 2 heterocycles. The van der Waals surface area contributed by atoms with E-state index in [2.05, 4.69) is 10.1 Å². The molecule has 6 nitrogen and oxygen atoms in total. The quantitative estimate of drug-likeness (QED) is 0.741. The highest BCUT2D eigenvalue weighted by Crippen LogP contribution is 2.31. The summed E-state index contributed by atoms with van der Waals surface area (Å²) < 4.78 is 1.42. The monoisotopic (exact) mass is 336 g/mol. The van der Waals surface area contributed by atoms with Crippen LogP contribution >= 0.6 is 23.2 Å². The first-order valence-electron chi connectivity index (χ1n) is 6.25. The van der Waals surface area contributed by atoms with Crippen LogP contribution in [0.15, 0.2) is 36.4 Å². The molecule has 0 fully saturated rings. The molecule has 1 N–H and O–H groups in total. The predicted octanol–water partition coefficient (Wildman–Crippen LogP) is 3.50. The zero-order chi connectivity index (χ0) is 15.9. The number of para-hydroxylation sites is 1. The van der Waals surface area contributed by atoms with Crippen molar-refractivity contribution in [2.75, 3.05) is 11.9 Å². The average molecular weight is 337 g/mol. The first-order valence-corrected chi connectivity index (χ1v) is 7.01. The smallest absolute Gasteiger partial charge is 0.356 e. The number of fused-ring (bicyclic) bond motifs is 1. The van der Waals surface area contributed by atoms with Gasteiger partial charge >= 0.3 is 5.97 Å². The third kappa shape index (κ3) is 2.47. The number of carboxylic acids is 1. The number of aromatic carboxylic acids is 1. The molecule has 112 valence electrons. The van der Waals surface area contributed by atoms with E-state index in [-0.39, 0.29) is 10.8 Å². The Morgan fingerprint density at radius 1 is 1.27 bits per heavy atom. The Labute approximate surface area is 135 Å². The van der Waals surface area contributed by atoms with Crippen LogP contribution < -0.4 is 4.90 Å². The topological polar surface area (TPSA) is 70.7 Å². The van der Waals surface area contributed by atoms with Gasteiger partial charge in [-0.2, -0.15) is 9.61 Å². The summed E-state index contributed by atoms with van der Waals surface area (Å²) in [4.78, 5) is 16.9. The molecule has 0 saturated heterocycles. The van der Waals surface area contributed by atoms with E-state index in [1.165, 1.54) is 10.6 Å². The Balaban J connectivity index is 2.21. The predicted molar refractivity (Wildman–Crippen MR) is 84.5 cm³/mol. The molecule has 22 heavy (non-hydrogen) atoms. The molecule has 0 saturated carbocycles. The summed E-state index contributed by atoms with van der Waals surface area (Å²) in [5, 5.41) is 13.9. The largest absolute Gasteiger partial charge is 0.476 e. The van der Waals surface area contributed by atoms with Crippen molar-refractivity contribution >= 4 is 46.3 Å². The SMILES string of the molecule is CN(c1ccccc1Cl)c1cc(Cl)nc2cc(C(=O)O)nn12. The Hall–Kier alpha value is -2.31. The number of carboxylic acid groups (broad SMARTS) is 1. The molecule has 0 amide bonds. The number of benzene rings is 1. The van der Waals surface area contributed by atoms with Crippen molar-refractivity contribution in [1.29, 1.82) is 0 Å². The van der Waals surface area contributed by atoms with Crippen molar-refractivity contribution < 1.29 is 9.90 Å². The molecular weight excluding hydrogens is 327 g/mol. The van der Waals surface area contributed by atoms with Gasteiger partial charge in [0.05, 0.1) is 10.7 Å². The van der Waals surface area contributed by atoms with Crippen molar-refractivity contribution in [3.05, 3.63) is 52.3 Å². The van der Waals surface area contributed by atoms with E-state index >= 15 is 0 Å². The molecule has 3 rings (SSSR count). The summed E-state index contributed by atoms with van der Waals surface area (Å²) in [5.74, 6) is -0.580. The first kappa shape index (κ1) is 14.6. The maximum absolute atomic E-state index is 11.1. The number of halogens is 2. The van der Waals surface area contributed by atoms with Crippen molar-refractivity contribution in [1.82, 2.24) is 14.6 Å². The second kappa shape index (κ2) is 5.47. The Kier molecular flexibility index (Phi) is 3.64. The second-order valence-electron chi connectivity index (χ2n) is 4.55. The minimum absolute atomic E-state index is 0.108. The molecule has 0 bridgehead atoms. The van der Waals surface area contributed by atoms with E-state index in [0.29, 0.717) is 16.5 Å². The zero-order valence-electron chi connectivity index (χ0n) is 11.4. The van der Waals surface area contributed by atoms with Crippen LogP contribution in [0, 0.1) is 0 Å². The van der Waals surface area contributed by atoms with E-state index in [9.17, 15) is 4.79 Å². The molecule has 8 heteroatoms. The number of carbonyl (C=O) groups is 1. The lowest BCUT2D eigenvalue weighted by atomic mass is 10.3. The highest BCUT2D eigenvalue weighted by Gasteiger charge is 2.17. The number of rotatable bonds is 3. The molecular formula is C14H10Cl2N4O2. The van der Waals surface area contributed by atoms with Gasteiger partial charge in [-0.15, -0.1) is 0 Å². The average Bonchev–Trinajstić information content (AvgIpc) is 2.90. The standard InChI is InChI=1S/C14H10Cl2N4O2/c1-19(10-5-3-2-4-8(10)15)13-7-11(16)17-12-6-9(14(21)22)18-20(12)13/h2-7H,1H3,(H,21,22). The van der Waals surface area contributed by atoms with Crippen LogP contribution in [-0.4, -0.2) is 32.7 Å². The fourth-order valence-electron chi connectivity index (χ4n) is 2.12. The highest BCUT2D eigenvalue weighted by atomic mass is 35.5. The van der Waals surface area contributed by atoms with Gasteiger partial charge in [-0.05, 0) is 12.1 Å². The lowest BCUT2D eigenvalue weighted by molar-refractivity contribution is 0.0690. The Morgan fingerprint density at radius 2 is 2.00 bits per heavy atom. The highest BCUT2D eigenvalue weighted by molar-refractivity contribution is 6.33. The molecule has 2 aromatic heterocycles. The van der Waals surface area contributed by atoms with Crippen molar-refractivity contribution in [3.63, 3.8) is 0 Å². The molecule has 0 radical (unpaired) electrons. The van der Waals surface area contributed by atoms with Gasteiger partial charge in [-0.1, -0.05) is 35.3 Å². The normalized spacial score (nSPS) is 10.9. The van der Waals surface area contributed by atoms with Gasteiger partial charge in [0, 0.05) is 19.2 Å². The van der Waals surface area contributed by atoms with E-state index in [0.717, 1.165) is 5.69 Å². The van der Waals surface area contributed by atoms with E-state index in [1.807, 2.05) is 18.2 Å². The van der Waals surface area contributed by atoms with Crippen LogP contribution in [0.4, 0.5) is 11.5 Å². The molecule has 0 atom stereocenters. The molecule has 0 aliphatic rings. The number of nitrogens with zero attached hydrogens (tertiary/aromatic N) is 4. The Bertz CT molecular complexity index is 878. The minimum Gasteiger partial charge on any atom is -0.476 e. The van der Waals surface area contributed by atoms with Crippen molar-refractivity contribution in [2.24, 2.45) is 0 Å². The van der Waals surface area contributed by atoms with Gasteiger partial charge in [-0.25, -0.2) is 9.78 Å². The first-order chi connectivity index (χ1) is 10.5. The van der Waals surface area contributed by atoms with Crippen LogP contribution in [-0.2, 0) is 0 Å². The minimum atomic E-state index is -1.13. The molecule has 0 aliphatic heterocycles. The molecule has 1 aromatic carbocycles. The fourth-order valence-corrected chi connectivity index (χ4v) is 2.57. The molecule has 0 aliphatic carbocycles. The summed E-state index contributed by atoms with van der Waals surface area (Å²) in [6.07, 6.45) is 0. The third-order valence-electron chi connectivity index (χ3n) is 3.15. The summed E-state index contributed by atoms with van der Waals surface area (Å²) in [6.45, 7) is 0. The number of hydrogen-bond donors (Lipinski definition) is 1. The van der Waals surface area contributed by atoms with Gasteiger partial charge in [0.15, 0.2) is 11.3 Å². The van der Waals surface area contributed by atoms with Gasteiger partial charge < -0.3 is 10.0 Å². The fraction of sp³-hybridized carbons (Fsp3) is 0.0714. The van der Waals surface area contributed by atoms with Gasteiger partial charge in [0.25, 0.3) is 0 Å². The maximum atomic E-state index is 11.1. The van der Waals surface area contributed by atoms with E-state index in [4.69, 9.17) is 28.3 Å². The molecule has 3 aromatic rings. The summed E-state index contributed by atoms with van der Waals surface area (Å²) in [5.41, 5.74) is 0.975. The number of aromatic nitrogens is 3. The Morgan fingerprint density at radius 3 is 2.68 bits per heavy atom. The summed E-state index contributed by atoms with van der Waals surface area (Å²) >= 11 is 12.2. The molecule has 0 unspecified atom stereocenters. The lowest BCUT2D eigenvalue weighted by Crippen LogP contribution is -2.15. The summed E-state index contributed by atoms with van der Waals surface area (Å²) in [6, 6.07) is 10.2. The van der Waals surface area contributed by atoms with Crippen LogP contribution in [0.3, 0.4) is 0 Å². The number of anilines is 2. The summed E-state index contributed by atoms with van der Waals surface area (Å²) in [7, 11) is 1.79. The van der Waals surface area contributed by atoms with Gasteiger partial charge in [0.1, 0.15) is 11.0 Å².